The van der Waals surface area contributed by atoms with Gasteiger partial charge in [-0.25, -0.2) is 0 Å². The maximum absolute atomic E-state index is 6.00. The zero-order chi connectivity index (χ0) is 10.9. The summed E-state index contributed by atoms with van der Waals surface area (Å²) in [7, 11) is 0. The fourth-order valence-corrected chi connectivity index (χ4v) is 2.95. The van der Waals surface area contributed by atoms with Crippen LogP contribution in [0, 0.1) is 5.92 Å². The van der Waals surface area contributed by atoms with E-state index in [1.165, 1.54) is 38.0 Å². The van der Waals surface area contributed by atoms with E-state index in [1.807, 2.05) is 0 Å². The second-order valence-electron chi connectivity index (χ2n) is 5.21. The van der Waals surface area contributed by atoms with Gasteiger partial charge in [0.25, 0.3) is 0 Å². The Morgan fingerprint density at radius 1 is 1.60 bits per heavy atom. The van der Waals surface area contributed by atoms with E-state index in [0.29, 0.717) is 0 Å². The van der Waals surface area contributed by atoms with Gasteiger partial charge in [0.1, 0.15) is 0 Å². The zero-order valence-corrected chi connectivity index (χ0v) is 9.76. The smallest absolute Gasteiger partial charge is 0.0360 e. The van der Waals surface area contributed by atoms with Crippen molar-refractivity contribution < 1.29 is 0 Å². The first-order valence-corrected chi connectivity index (χ1v) is 5.98. The molecule has 0 amide bonds. The number of nitrogens with one attached hydrogen (secondary N) is 1. The average Bonchev–Trinajstić information content (AvgIpc) is 2.63. The van der Waals surface area contributed by atoms with Crippen LogP contribution in [0.25, 0.3) is 0 Å². The number of nitrogens with two attached hydrogens (primary N) is 1. The Bertz CT molecular complexity index is 251. The van der Waals surface area contributed by atoms with Crippen LogP contribution in [0.4, 0.5) is 0 Å². The van der Waals surface area contributed by atoms with Crippen LogP contribution in [0.5, 0.6) is 0 Å². The van der Waals surface area contributed by atoms with Crippen LogP contribution in [0.3, 0.4) is 0 Å². The molecule has 0 radical (unpaired) electrons. The van der Waals surface area contributed by atoms with Crippen molar-refractivity contribution in [1.29, 1.82) is 0 Å². The summed E-state index contributed by atoms with van der Waals surface area (Å²) < 4.78 is 0. The third kappa shape index (κ3) is 2.10. The van der Waals surface area contributed by atoms with Crippen molar-refractivity contribution in [2.24, 2.45) is 11.7 Å². The Morgan fingerprint density at radius 2 is 2.40 bits per heavy atom. The molecule has 0 aliphatic carbocycles. The first kappa shape index (κ1) is 11.1. The third-order valence-electron chi connectivity index (χ3n) is 4.03. The summed E-state index contributed by atoms with van der Waals surface area (Å²) in [5.41, 5.74) is 7.38. The van der Waals surface area contributed by atoms with E-state index >= 15 is 0 Å². The number of hydrogen-bond acceptors (Lipinski definition) is 3. The highest BCUT2D eigenvalue weighted by Crippen LogP contribution is 2.34. The maximum atomic E-state index is 6.00. The lowest BCUT2D eigenvalue weighted by molar-refractivity contribution is 0.140. The Kier molecular flexibility index (Phi) is 3.14. The molecule has 15 heavy (non-hydrogen) atoms. The first-order chi connectivity index (χ1) is 7.16. The van der Waals surface area contributed by atoms with Crippen molar-refractivity contribution >= 4 is 0 Å². The van der Waals surface area contributed by atoms with Crippen molar-refractivity contribution in [2.45, 2.75) is 25.3 Å². The SMILES string of the molecule is C=C(C)CNC1(CN)CCN2CCC1C2. The summed E-state index contributed by atoms with van der Waals surface area (Å²) >= 11 is 0. The largest absolute Gasteiger partial charge is 0.329 e. The minimum absolute atomic E-state index is 0.186. The quantitative estimate of drug-likeness (QED) is 0.665. The van der Waals surface area contributed by atoms with Gasteiger partial charge in [0.2, 0.25) is 0 Å². The van der Waals surface area contributed by atoms with Crippen LogP contribution in [0.2, 0.25) is 0 Å². The molecule has 2 fully saturated rings. The molecule has 3 N–H and O–H groups in total. The molecular formula is C12H23N3. The molecule has 2 saturated heterocycles. The second-order valence-corrected chi connectivity index (χ2v) is 5.21. The molecule has 2 aliphatic rings. The van der Waals surface area contributed by atoms with Crippen LogP contribution in [0.15, 0.2) is 12.2 Å². The van der Waals surface area contributed by atoms with E-state index < -0.39 is 0 Å². The van der Waals surface area contributed by atoms with Gasteiger partial charge < -0.3 is 16.0 Å². The van der Waals surface area contributed by atoms with Crippen LogP contribution in [0.1, 0.15) is 19.8 Å². The van der Waals surface area contributed by atoms with Crippen molar-refractivity contribution in [2.75, 3.05) is 32.7 Å². The normalized spacial score (nSPS) is 39.3. The summed E-state index contributed by atoms with van der Waals surface area (Å²) in [4.78, 5) is 2.56. The first-order valence-electron chi connectivity index (χ1n) is 5.98. The minimum Gasteiger partial charge on any atom is -0.329 e. The van der Waals surface area contributed by atoms with E-state index in [1.54, 1.807) is 0 Å². The summed E-state index contributed by atoms with van der Waals surface area (Å²) in [6.45, 7) is 11.4. The Labute approximate surface area is 92.7 Å². The van der Waals surface area contributed by atoms with Crippen molar-refractivity contribution in [3.63, 3.8) is 0 Å². The van der Waals surface area contributed by atoms with Gasteiger partial charge in [-0.2, -0.15) is 0 Å². The molecular weight excluding hydrogens is 186 g/mol. The molecule has 3 atom stereocenters. The molecule has 2 aliphatic heterocycles. The van der Waals surface area contributed by atoms with Gasteiger partial charge in [-0.15, -0.1) is 0 Å². The molecule has 2 heterocycles. The lowest BCUT2D eigenvalue weighted by atomic mass is 9.78. The molecule has 3 nitrogen and oxygen atoms in total. The predicted molar refractivity (Wildman–Crippen MR) is 63.8 cm³/mol. The molecule has 0 saturated carbocycles. The van der Waals surface area contributed by atoms with Gasteiger partial charge in [-0.1, -0.05) is 12.2 Å². The Morgan fingerprint density at radius 3 is 3.07 bits per heavy atom. The number of hydrogen-bond donors (Lipinski definition) is 2. The fraction of sp³-hybridized carbons (Fsp3) is 0.833. The number of rotatable bonds is 4. The van der Waals surface area contributed by atoms with Crippen LogP contribution in [-0.4, -0.2) is 43.2 Å². The van der Waals surface area contributed by atoms with Gasteiger partial charge in [0, 0.05) is 25.2 Å². The lowest BCUT2D eigenvalue weighted by Crippen LogP contribution is -2.60. The van der Waals surface area contributed by atoms with Crippen LogP contribution >= 0.6 is 0 Å². The van der Waals surface area contributed by atoms with Crippen LogP contribution in [-0.2, 0) is 0 Å². The maximum Gasteiger partial charge on any atom is 0.0360 e. The van der Waals surface area contributed by atoms with E-state index in [4.69, 9.17) is 5.73 Å². The molecule has 2 rings (SSSR count). The molecule has 3 heteroatoms. The zero-order valence-electron chi connectivity index (χ0n) is 9.76. The molecule has 86 valence electrons. The topological polar surface area (TPSA) is 41.3 Å². The highest BCUT2D eigenvalue weighted by Gasteiger charge is 2.44. The minimum atomic E-state index is 0.186. The standard InChI is InChI=1S/C12H23N3/c1-10(2)7-14-12(9-13)4-6-15-5-3-11(12)8-15/h11,14H,1,3-9,13H2,2H3. The molecule has 0 aromatic carbocycles. The third-order valence-corrected chi connectivity index (χ3v) is 4.03. The molecule has 2 bridgehead atoms. The molecule has 0 spiro atoms. The van der Waals surface area contributed by atoms with Crippen molar-refractivity contribution in [3.8, 4) is 0 Å². The number of nitrogens with zero attached hydrogens (tertiary/aromatic N) is 1. The molecule has 3 unspecified atom stereocenters. The van der Waals surface area contributed by atoms with E-state index in [2.05, 4.69) is 23.7 Å². The van der Waals surface area contributed by atoms with Gasteiger partial charge in [0.15, 0.2) is 0 Å². The highest BCUT2D eigenvalue weighted by molar-refractivity contribution is 5.06. The van der Waals surface area contributed by atoms with E-state index in [-0.39, 0.29) is 5.54 Å². The highest BCUT2D eigenvalue weighted by atomic mass is 15.2. The van der Waals surface area contributed by atoms with E-state index in [9.17, 15) is 0 Å². The predicted octanol–water partition coefficient (Wildman–Crippen LogP) is 0.575. The summed E-state index contributed by atoms with van der Waals surface area (Å²) in [5.74, 6) is 0.746. The van der Waals surface area contributed by atoms with Crippen molar-refractivity contribution in [1.82, 2.24) is 10.2 Å². The Balaban J connectivity index is 2.03. The monoisotopic (exact) mass is 209 g/mol. The number of fused-ring (bicyclic) bond motifs is 2. The second kappa shape index (κ2) is 4.24. The summed E-state index contributed by atoms with van der Waals surface area (Å²) in [6.07, 6.45) is 2.50. The van der Waals surface area contributed by atoms with Gasteiger partial charge in [0.05, 0.1) is 0 Å². The molecule has 0 aromatic rings. The van der Waals surface area contributed by atoms with E-state index in [0.717, 1.165) is 19.0 Å². The van der Waals surface area contributed by atoms with Crippen LogP contribution < -0.4 is 11.1 Å². The van der Waals surface area contributed by atoms with Gasteiger partial charge in [-0.3, -0.25) is 0 Å². The summed E-state index contributed by atoms with van der Waals surface area (Å²) in [6, 6.07) is 0. The van der Waals surface area contributed by atoms with Gasteiger partial charge in [-0.05, 0) is 38.8 Å². The fourth-order valence-electron chi connectivity index (χ4n) is 2.95. The number of piperidine rings is 1. The van der Waals surface area contributed by atoms with Gasteiger partial charge >= 0.3 is 0 Å². The van der Waals surface area contributed by atoms with Crippen molar-refractivity contribution in [3.05, 3.63) is 12.2 Å². The Hall–Kier alpha value is -0.380. The lowest BCUT2D eigenvalue weighted by Gasteiger charge is -2.43. The molecule has 0 aromatic heterocycles. The summed E-state index contributed by atoms with van der Waals surface area (Å²) in [5, 5.41) is 3.66. The average molecular weight is 209 g/mol.